The first-order valence-electron chi connectivity index (χ1n) is 4.01. The molecule has 6 heteroatoms. The summed E-state index contributed by atoms with van der Waals surface area (Å²) in [5, 5.41) is 8.70. The summed E-state index contributed by atoms with van der Waals surface area (Å²) in [6.45, 7) is -0.0913. The zero-order chi connectivity index (χ0) is 11.4. The zero-order valence-corrected chi connectivity index (χ0v) is 7.58. The average Bonchev–Trinajstić information content (AvgIpc) is 2.26. The predicted octanol–water partition coefficient (Wildman–Crippen LogP) is 1.16. The van der Waals surface area contributed by atoms with Crippen LogP contribution in [-0.4, -0.2) is 11.3 Å². The first-order valence-corrected chi connectivity index (χ1v) is 4.01. The van der Waals surface area contributed by atoms with Crippen LogP contribution in [-0.2, 0) is 6.54 Å². The van der Waals surface area contributed by atoms with Crippen molar-refractivity contribution in [3.63, 3.8) is 0 Å². The van der Waals surface area contributed by atoms with Crippen molar-refractivity contribution >= 4 is 6.29 Å². The lowest BCUT2D eigenvalue weighted by atomic mass is 10.1. The summed E-state index contributed by atoms with van der Waals surface area (Å²) in [7, 11) is 0. The first kappa shape index (κ1) is 11.2. The van der Waals surface area contributed by atoms with E-state index in [0.717, 1.165) is 6.07 Å². The second-order valence-corrected chi connectivity index (χ2v) is 2.70. The van der Waals surface area contributed by atoms with E-state index in [1.165, 1.54) is 0 Å². The van der Waals surface area contributed by atoms with Crippen molar-refractivity contribution in [2.45, 2.75) is 13.0 Å². The van der Waals surface area contributed by atoms with E-state index >= 15 is 0 Å². The Morgan fingerprint density at radius 1 is 1.67 bits per heavy atom. The Hall–Kier alpha value is -1.87. The normalized spacial score (nSPS) is 10.1. The van der Waals surface area contributed by atoms with Crippen LogP contribution >= 0.6 is 0 Å². The number of carbonyl (C=O) groups excluding carboxylic acids is 1. The van der Waals surface area contributed by atoms with Crippen LogP contribution in [0, 0.1) is 11.3 Å². The van der Waals surface area contributed by atoms with Gasteiger partial charge in [0.2, 0.25) is 0 Å². The molecule has 0 saturated carbocycles. The summed E-state index contributed by atoms with van der Waals surface area (Å²) in [6, 6.07) is 2.75. The minimum absolute atomic E-state index is 0.0445. The molecule has 0 aliphatic carbocycles. The van der Waals surface area contributed by atoms with E-state index < -0.39 is 12.1 Å². The van der Waals surface area contributed by atoms with Gasteiger partial charge in [0, 0.05) is 6.54 Å². The minimum Gasteiger partial charge on any atom is -0.326 e. The Balaban J connectivity index is 3.44. The van der Waals surface area contributed by atoms with E-state index in [-0.39, 0.29) is 29.7 Å². The summed E-state index contributed by atoms with van der Waals surface area (Å²) >= 11 is 0. The van der Waals surface area contributed by atoms with Crippen molar-refractivity contribution < 1.29 is 13.6 Å². The molecule has 0 aromatic carbocycles. The van der Waals surface area contributed by atoms with Crippen LogP contribution in [0.25, 0.3) is 0 Å². The number of rotatable bonds is 3. The predicted molar refractivity (Wildman–Crippen MR) is 47.2 cm³/mol. The third-order valence-electron chi connectivity index (χ3n) is 1.82. The molecule has 0 fully saturated rings. The van der Waals surface area contributed by atoms with Crippen LogP contribution < -0.4 is 5.73 Å². The van der Waals surface area contributed by atoms with Crippen LogP contribution in [0.15, 0.2) is 6.07 Å². The molecule has 4 nitrogen and oxygen atoms in total. The molecule has 0 radical (unpaired) electrons. The monoisotopic (exact) mass is 211 g/mol. The van der Waals surface area contributed by atoms with Crippen molar-refractivity contribution in [1.82, 2.24) is 4.98 Å². The molecule has 0 atom stereocenters. The quantitative estimate of drug-likeness (QED) is 0.761. The molecule has 0 unspecified atom stereocenters. The number of carbonyl (C=O) groups is 1. The highest BCUT2D eigenvalue weighted by Crippen LogP contribution is 2.20. The lowest BCUT2D eigenvalue weighted by molar-refractivity contribution is 0.111. The molecule has 0 aliphatic heterocycles. The van der Waals surface area contributed by atoms with Crippen molar-refractivity contribution in [2.75, 3.05) is 0 Å². The van der Waals surface area contributed by atoms with Gasteiger partial charge in [-0.1, -0.05) is 0 Å². The molecule has 0 aliphatic rings. The lowest BCUT2D eigenvalue weighted by Crippen LogP contribution is -2.07. The molecule has 0 amide bonds. The van der Waals surface area contributed by atoms with E-state index in [0.29, 0.717) is 0 Å². The molecule has 0 saturated heterocycles. The first-order chi connectivity index (χ1) is 7.13. The number of alkyl halides is 2. The molecule has 0 spiro atoms. The van der Waals surface area contributed by atoms with Crippen molar-refractivity contribution in [3.8, 4) is 6.07 Å². The van der Waals surface area contributed by atoms with Crippen molar-refractivity contribution in [1.29, 1.82) is 5.26 Å². The van der Waals surface area contributed by atoms with Gasteiger partial charge in [0.25, 0.3) is 6.43 Å². The highest BCUT2D eigenvalue weighted by molar-refractivity contribution is 5.77. The van der Waals surface area contributed by atoms with Crippen LogP contribution in [0.2, 0.25) is 0 Å². The number of aromatic nitrogens is 1. The molecule has 2 N–H and O–H groups in total. The molecule has 0 bridgehead atoms. The number of hydrogen-bond donors (Lipinski definition) is 1. The fraction of sp³-hybridized carbons (Fsp3) is 0.222. The molecule has 1 aromatic rings. The molecule has 1 rings (SSSR count). The topological polar surface area (TPSA) is 79.8 Å². The Morgan fingerprint density at radius 3 is 2.73 bits per heavy atom. The second-order valence-electron chi connectivity index (χ2n) is 2.70. The molecule has 1 aromatic heterocycles. The van der Waals surface area contributed by atoms with Gasteiger partial charge in [-0.05, 0) is 11.6 Å². The van der Waals surface area contributed by atoms with E-state index in [9.17, 15) is 13.6 Å². The van der Waals surface area contributed by atoms with Gasteiger partial charge in [-0.2, -0.15) is 5.26 Å². The molecule has 1 heterocycles. The fourth-order valence-corrected chi connectivity index (χ4v) is 1.13. The van der Waals surface area contributed by atoms with E-state index in [1.807, 2.05) is 0 Å². The van der Waals surface area contributed by atoms with Crippen LogP contribution in [0.4, 0.5) is 8.78 Å². The van der Waals surface area contributed by atoms with Crippen molar-refractivity contribution in [3.05, 3.63) is 28.6 Å². The standard InChI is InChI=1S/C9H7F2N3O/c10-9(11)7-1-5(2-12)6(3-13)8(4-15)14-7/h1,4,9H,2,12H2. The van der Waals surface area contributed by atoms with Gasteiger partial charge in [-0.3, -0.25) is 4.79 Å². The Bertz CT molecular complexity index is 426. The zero-order valence-electron chi connectivity index (χ0n) is 7.58. The number of aldehydes is 1. The number of nitriles is 1. The summed E-state index contributed by atoms with van der Waals surface area (Å²) in [5.74, 6) is 0. The number of pyridine rings is 1. The average molecular weight is 211 g/mol. The Kier molecular flexibility index (Phi) is 3.42. The van der Waals surface area contributed by atoms with E-state index in [1.54, 1.807) is 6.07 Å². The maximum atomic E-state index is 12.3. The summed E-state index contributed by atoms with van der Waals surface area (Å²) < 4.78 is 24.7. The van der Waals surface area contributed by atoms with Crippen molar-refractivity contribution in [2.24, 2.45) is 5.73 Å². The summed E-state index contributed by atoms with van der Waals surface area (Å²) in [6.07, 6.45) is -2.52. The van der Waals surface area contributed by atoms with Crippen LogP contribution in [0.1, 0.15) is 33.7 Å². The lowest BCUT2D eigenvalue weighted by Gasteiger charge is -2.06. The van der Waals surface area contributed by atoms with Gasteiger partial charge < -0.3 is 5.73 Å². The largest absolute Gasteiger partial charge is 0.326 e. The molecule has 15 heavy (non-hydrogen) atoms. The Morgan fingerprint density at radius 2 is 2.33 bits per heavy atom. The third-order valence-corrected chi connectivity index (χ3v) is 1.82. The smallest absolute Gasteiger partial charge is 0.280 e. The van der Waals surface area contributed by atoms with Gasteiger partial charge in [0.05, 0.1) is 5.56 Å². The molecular weight excluding hydrogens is 204 g/mol. The SMILES string of the molecule is N#Cc1c(CN)cc(C(F)F)nc1C=O. The van der Waals surface area contributed by atoms with E-state index in [2.05, 4.69) is 4.98 Å². The number of halogens is 2. The number of nitrogens with zero attached hydrogens (tertiary/aromatic N) is 2. The van der Waals surface area contributed by atoms with Gasteiger partial charge >= 0.3 is 0 Å². The molecule has 78 valence electrons. The maximum absolute atomic E-state index is 12.3. The summed E-state index contributed by atoms with van der Waals surface area (Å²) in [5.41, 5.74) is 4.59. The third kappa shape index (κ3) is 2.14. The minimum atomic E-state index is -2.79. The fourth-order valence-electron chi connectivity index (χ4n) is 1.13. The van der Waals surface area contributed by atoms with E-state index in [4.69, 9.17) is 11.0 Å². The Labute approximate surface area is 84.3 Å². The van der Waals surface area contributed by atoms with Gasteiger partial charge in [-0.25, -0.2) is 13.8 Å². The van der Waals surface area contributed by atoms with Gasteiger partial charge in [0.1, 0.15) is 17.5 Å². The second kappa shape index (κ2) is 4.57. The molecular formula is C9H7F2N3O. The van der Waals surface area contributed by atoms with Crippen LogP contribution in [0.3, 0.4) is 0 Å². The van der Waals surface area contributed by atoms with Gasteiger partial charge in [0.15, 0.2) is 6.29 Å². The number of hydrogen-bond acceptors (Lipinski definition) is 4. The highest BCUT2D eigenvalue weighted by Gasteiger charge is 2.16. The highest BCUT2D eigenvalue weighted by atomic mass is 19.3. The van der Waals surface area contributed by atoms with Crippen LogP contribution in [0.5, 0.6) is 0 Å². The summed E-state index contributed by atoms with van der Waals surface area (Å²) in [4.78, 5) is 13.9. The maximum Gasteiger partial charge on any atom is 0.280 e. The number of nitrogens with two attached hydrogens (primary N) is 1. The van der Waals surface area contributed by atoms with Gasteiger partial charge in [-0.15, -0.1) is 0 Å².